The van der Waals surface area contributed by atoms with Crippen LogP contribution in [0, 0.1) is 6.92 Å². The Hall–Kier alpha value is -2.79. The number of primary sulfonamides is 1. The summed E-state index contributed by atoms with van der Waals surface area (Å²) >= 11 is 11.7. The maximum Gasteiger partial charge on any atom is 0.416 e. The van der Waals surface area contributed by atoms with Crippen molar-refractivity contribution in [3.63, 3.8) is 0 Å². The van der Waals surface area contributed by atoms with E-state index >= 15 is 0 Å². The van der Waals surface area contributed by atoms with Crippen LogP contribution >= 0.6 is 23.2 Å². The molecule has 3 N–H and O–H groups in total. The lowest BCUT2D eigenvalue weighted by Crippen LogP contribution is -2.19. The minimum atomic E-state index is -4.74. The number of carbonyl (C=O) groups is 1. The molecule has 0 aliphatic heterocycles. The van der Waals surface area contributed by atoms with Gasteiger partial charge in [-0.05, 0) is 67.1 Å². The Kier molecular flexibility index (Phi) is 6.94. The molecule has 3 rings (SSSR count). The van der Waals surface area contributed by atoms with Gasteiger partial charge < -0.3 is 10.1 Å². The van der Waals surface area contributed by atoms with Crippen LogP contribution in [0.3, 0.4) is 0 Å². The van der Waals surface area contributed by atoms with Crippen molar-refractivity contribution >= 4 is 44.8 Å². The van der Waals surface area contributed by atoms with Gasteiger partial charge in [-0.3, -0.25) is 4.79 Å². The smallest absolute Gasteiger partial charge is 0.416 e. The Morgan fingerprint density at radius 2 is 1.58 bits per heavy atom. The maximum absolute atomic E-state index is 13.3. The van der Waals surface area contributed by atoms with Crippen molar-refractivity contribution in [3.05, 3.63) is 81.3 Å². The summed E-state index contributed by atoms with van der Waals surface area (Å²) in [7, 11) is -4.31. The Morgan fingerprint density at radius 3 is 2.18 bits per heavy atom. The van der Waals surface area contributed by atoms with Crippen LogP contribution in [0.4, 0.5) is 18.9 Å². The van der Waals surface area contributed by atoms with Crippen LogP contribution < -0.4 is 15.2 Å². The summed E-state index contributed by atoms with van der Waals surface area (Å²) in [4.78, 5) is 12.5. The minimum Gasteiger partial charge on any atom is -0.456 e. The van der Waals surface area contributed by atoms with Crippen molar-refractivity contribution in [3.8, 4) is 11.5 Å². The number of benzene rings is 3. The molecule has 0 saturated heterocycles. The molecule has 0 bridgehead atoms. The minimum absolute atomic E-state index is 0.0262. The van der Waals surface area contributed by atoms with Gasteiger partial charge in [0, 0.05) is 10.0 Å². The molecular weight excluding hydrogens is 504 g/mol. The number of ether oxygens (including phenoxy) is 1. The van der Waals surface area contributed by atoms with Crippen LogP contribution in [0.2, 0.25) is 10.0 Å². The summed E-state index contributed by atoms with van der Waals surface area (Å²) in [6, 6.07) is 10.4. The molecule has 0 atom stereocenters. The molecule has 0 spiro atoms. The van der Waals surface area contributed by atoms with Crippen LogP contribution in [-0.2, 0) is 16.2 Å². The first kappa shape index (κ1) is 24.8. The van der Waals surface area contributed by atoms with Crippen LogP contribution in [-0.4, -0.2) is 14.3 Å². The van der Waals surface area contributed by atoms with Gasteiger partial charge in [-0.15, -0.1) is 0 Å². The molecule has 0 unspecified atom stereocenters. The van der Waals surface area contributed by atoms with Crippen LogP contribution in [0.1, 0.15) is 21.5 Å². The summed E-state index contributed by atoms with van der Waals surface area (Å²) in [6.07, 6.45) is -4.74. The van der Waals surface area contributed by atoms with Crippen molar-refractivity contribution in [1.29, 1.82) is 0 Å². The largest absolute Gasteiger partial charge is 0.456 e. The molecule has 0 heterocycles. The van der Waals surface area contributed by atoms with E-state index in [1.165, 1.54) is 18.2 Å². The second-order valence-corrected chi connectivity index (χ2v) is 9.26. The third kappa shape index (κ3) is 5.97. The number of hydrogen-bond acceptors (Lipinski definition) is 4. The van der Waals surface area contributed by atoms with Crippen LogP contribution in [0.25, 0.3) is 0 Å². The van der Waals surface area contributed by atoms with Gasteiger partial charge in [0.15, 0.2) is 0 Å². The molecular formula is C21H15Cl2F3N2O4S. The lowest BCUT2D eigenvalue weighted by molar-refractivity contribution is -0.137. The SMILES string of the molecule is Cc1cc(Cl)ccc1Oc1ccc(C(F)(F)F)cc1C(=O)Nc1ccc(Cl)cc1S(N)(=O)=O. The molecule has 0 saturated carbocycles. The molecule has 1 amide bonds. The first-order chi connectivity index (χ1) is 15.3. The lowest BCUT2D eigenvalue weighted by Gasteiger charge is -2.16. The van der Waals surface area contributed by atoms with E-state index in [2.05, 4.69) is 5.32 Å². The topological polar surface area (TPSA) is 98.5 Å². The van der Waals surface area contributed by atoms with E-state index in [4.69, 9.17) is 33.1 Å². The molecule has 3 aromatic rings. The number of halogens is 5. The number of sulfonamides is 1. The molecule has 12 heteroatoms. The van der Waals surface area contributed by atoms with E-state index in [-0.39, 0.29) is 22.2 Å². The molecule has 6 nitrogen and oxygen atoms in total. The van der Waals surface area contributed by atoms with Gasteiger partial charge in [0.05, 0.1) is 16.8 Å². The van der Waals surface area contributed by atoms with Crippen molar-refractivity contribution in [2.75, 3.05) is 5.32 Å². The normalized spacial score (nSPS) is 11.8. The quantitative estimate of drug-likeness (QED) is 0.431. The van der Waals surface area contributed by atoms with Crippen LogP contribution in [0.5, 0.6) is 11.5 Å². The van der Waals surface area contributed by atoms with E-state index in [1.807, 2.05) is 0 Å². The fraction of sp³-hybridized carbons (Fsp3) is 0.0952. The van der Waals surface area contributed by atoms with E-state index in [1.54, 1.807) is 13.0 Å². The fourth-order valence-electron chi connectivity index (χ4n) is 2.84. The zero-order chi connectivity index (χ0) is 24.6. The van der Waals surface area contributed by atoms with Gasteiger partial charge in [-0.25, -0.2) is 13.6 Å². The molecule has 0 aromatic heterocycles. The lowest BCUT2D eigenvalue weighted by atomic mass is 10.1. The number of amides is 1. The molecule has 0 fully saturated rings. The molecule has 0 radical (unpaired) electrons. The predicted octanol–water partition coefficient (Wildman–Crippen LogP) is 6.01. The number of hydrogen-bond donors (Lipinski definition) is 2. The second kappa shape index (κ2) is 9.22. The highest BCUT2D eigenvalue weighted by atomic mass is 35.5. The number of nitrogens with one attached hydrogen (secondary N) is 1. The zero-order valence-electron chi connectivity index (χ0n) is 16.7. The summed E-state index contributed by atoms with van der Waals surface area (Å²) in [5.74, 6) is -1.00. The second-order valence-electron chi connectivity index (χ2n) is 6.86. The van der Waals surface area contributed by atoms with E-state index < -0.39 is 38.1 Å². The Morgan fingerprint density at radius 1 is 0.970 bits per heavy atom. The van der Waals surface area contributed by atoms with Gasteiger partial charge in [0.1, 0.15) is 16.4 Å². The highest BCUT2D eigenvalue weighted by Crippen LogP contribution is 2.36. The van der Waals surface area contributed by atoms with Crippen molar-refractivity contribution < 1.29 is 31.1 Å². The molecule has 0 aliphatic carbocycles. The highest BCUT2D eigenvalue weighted by Gasteiger charge is 2.32. The molecule has 3 aromatic carbocycles. The number of aryl methyl sites for hydroxylation is 1. The first-order valence-electron chi connectivity index (χ1n) is 9.04. The monoisotopic (exact) mass is 518 g/mol. The van der Waals surface area contributed by atoms with Crippen molar-refractivity contribution in [2.24, 2.45) is 5.14 Å². The average Bonchev–Trinajstić information content (AvgIpc) is 2.70. The van der Waals surface area contributed by atoms with Crippen molar-refractivity contribution in [2.45, 2.75) is 18.0 Å². The Labute approximate surface area is 197 Å². The van der Waals surface area contributed by atoms with Crippen LogP contribution in [0.15, 0.2) is 59.5 Å². The van der Waals surface area contributed by atoms with E-state index in [0.717, 1.165) is 24.3 Å². The molecule has 33 heavy (non-hydrogen) atoms. The maximum atomic E-state index is 13.3. The van der Waals surface area contributed by atoms with Gasteiger partial charge in [-0.2, -0.15) is 13.2 Å². The van der Waals surface area contributed by atoms with Crippen molar-refractivity contribution in [1.82, 2.24) is 0 Å². The van der Waals surface area contributed by atoms with Gasteiger partial charge >= 0.3 is 6.18 Å². The van der Waals surface area contributed by atoms with Gasteiger partial charge in [-0.1, -0.05) is 23.2 Å². The summed E-state index contributed by atoms with van der Waals surface area (Å²) in [6.45, 7) is 1.66. The summed E-state index contributed by atoms with van der Waals surface area (Å²) < 4.78 is 69.3. The predicted molar refractivity (Wildman–Crippen MR) is 118 cm³/mol. The standard InChI is InChI=1S/C21H15Cl2F3N2O4S/c1-11-8-13(22)4-7-17(11)32-18-6-2-12(21(24,25)26)9-15(18)20(29)28-16-5-3-14(23)10-19(16)33(27,30)31/h2-10H,1H3,(H,28,29)(H2,27,30,31). The number of rotatable bonds is 5. The fourth-order valence-corrected chi connectivity index (χ4v) is 4.02. The summed E-state index contributed by atoms with van der Waals surface area (Å²) in [5, 5.41) is 7.87. The third-order valence-corrected chi connectivity index (χ3v) is 5.83. The van der Waals surface area contributed by atoms with Gasteiger partial charge in [0.25, 0.3) is 5.91 Å². The van der Waals surface area contributed by atoms with E-state index in [0.29, 0.717) is 16.7 Å². The number of alkyl halides is 3. The highest BCUT2D eigenvalue weighted by molar-refractivity contribution is 7.89. The van der Waals surface area contributed by atoms with E-state index in [9.17, 15) is 26.4 Å². The van der Waals surface area contributed by atoms with Gasteiger partial charge in [0.2, 0.25) is 10.0 Å². The first-order valence-corrected chi connectivity index (χ1v) is 11.3. The third-order valence-electron chi connectivity index (χ3n) is 4.41. The Bertz CT molecular complexity index is 1350. The summed E-state index contributed by atoms with van der Waals surface area (Å²) in [5.41, 5.74) is -1.29. The zero-order valence-corrected chi connectivity index (χ0v) is 19.0. The Balaban J connectivity index is 2.07. The average molecular weight is 519 g/mol. The number of anilines is 1. The molecule has 174 valence electrons. The number of carbonyl (C=O) groups excluding carboxylic acids is 1. The number of nitrogens with two attached hydrogens (primary N) is 1. The molecule has 0 aliphatic rings.